The number of rotatable bonds is 4. The van der Waals surface area contributed by atoms with Gasteiger partial charge in [-0.25, -0.2) is 8.78 Å². The van der Waals surface area contributed by atoms with Crippen LogP contribution in [0.2, 0.25) is 0 Å². The second kappa shape index (κ2) is 7.99. The van der Waals surface area contributed by atoms with Crippen molar-refractivity contribution in [3.05, 3.63) is 69.5 Å². The molecule has 0 saturated carbocycles. The van der Waals surface area contributed by atoms with E-state index in [0.29, 0.717) is 12.4 Å². The summed E-state index contributed by atoms with van der Waals surface area (Å²) in [7, 11) is 0. The van der Waals surface area contributed by atoms with Crippen LogP contribution in [-0.4, -0.2) is 28.6 Å². The Morgan fingerprint density at radius 3 is 2.56 bits per heavy atom. The summed E-state index contributed by atoms with van der Waals surface area (Å²) in [6, 6.07) is 7.81. The van der Waals surface area contributed by atoms with Crippen LogP contribution in [-0.2, 0) is 9.63 Å². The molecule has 164 valence electrons. The lowest BCUT2D eigenvalue weighted by Gasteiger charge is -2.19. The fourth-order valence-corrected chi connectivity index (χ4v) is 4.04. The quantitative estimate of drug-likeness (QED) is 0.624. The van der Waals surface area contributed by atoms with Gasteiger partial charge in [0.25, 0.3) is 0 Å². The lowest BCUT2D eigenvalue weighted by atomic mass is 9.90. The topological polar surface area (TPSA) is 89.8 Å². The number of carbonyl (C=O) groups is 2. The molecule has 0 fully saturated rings. The summed E-state index contributed by atoms with van der Waals surface area (Å²) in [5.74, 6) is -2.68. The van der Waals surface area contributed by atoms with Gasteiger partial charge in [0.05, 0.1) is 34.2 Å². The van der Waals surface area contributed by atoms with Crippen molar-refractivity contribution in [2.45, 2.75) is 32.8 Å². The molecule has 0 saturated heterocycles. The Morgan fingerprint density at radius 1 is 1.19 bits per heavy atom. The average molecular weight is 439 g/mol. The molecular weight excluding hydrogens is 420 g/mol. The number of pyridine rings is 1. The maximum Gasteiger partial charge on any atom is 0.221 e. The molecule has 1 N–H and O–H groups in total. The summed E-state index contributed by atoms with van der Waals surface area (Å²) in [4.78, 5) is 41.2. The van der Waals surface area contributed by atoms with E-state index >= 15 is 0 Å². The third-order valence-corrected chi connectivity index (χ3v) is 5.42. The second-order valence-corrected chi connectivity index (χ2v) is 7.65. The molecule has 3 aromatic rings. The van der Waals surface area contributed by atoms with E-state index in [9.17, 15) is 23.2 Å². The number of carbonyl (C=O) groups excluding carboxylic acids is 2. The van der Waals surface area contributed by atoms with Gasteiger partial charge in [0.2, 0.25) is 5.91 Å². The first-order chi connectivity index (χ1) is 15.2. The summed E-state index contributed by atoms with van der Waals surface area (Å²) in [6.07, 6.45) is 0.165. The Bertz CT molecular complexity index is 1360. The first-order valence-electron chi connectivity index (χ1n) is 9.83. The van der Waals surface area contributed by atoms with Crippen molar-refractivity contribution in [2.24, 2.45) is 5.16 Å². The van der Waals surface area contributed by atoms with Crippen molar-refractivity contribution in [1.82, 2.24) is 4.57 Å². The fourth-order valence-electron chi connectivity index (χ4n) is 4.04. The van der Waals surface area contributed by atoms with Crippen LogP contribution in [0.25, 0.3) is 16.6 Å². The first-order valence-corrected chi connectivity index (χ1v) is 9.83. The largest absolute Gasteiger partial charge is 0.392 e. The van der Waals surface area contributed by atoms with Gasteiger partial charge in [0, 0.05) is 24.4 Å². The monoisotopic (exact) mass is 439 g/mol. The maximum absolute atomic E-state index is 14.9. The molecule has 1 aromatic heterocycles. The summed E-state index contributed by atoms with van der Waals surface area (Å²) >= 11 is 0. The highest BCUT2D eigenvalue weighted by Gasteiger charge is 2.30. The minimum Gasteiger partial charge on any atom is -0.392 e. The molecule has 2 heterocycles. The Kier molecular flexibility index (Phi) is 5.33. The summed E-state index contributed by atoms with van der Waals surface area (Å²) in [5.41, 5.74) is 0.747. The number of oxime groups is 1. The van der Waals surface area contributed by atoms with E-state index in [1.807, 2.05) is 13.8 Å². The maximum atomic E-state index is 14.9. The smallest absolute Gasteiger partial charge is 0.221 e. The van der Waals surface area contributed by atoms with E-state index in [1.165, 1.54) is 11.5 Å². The molecule has 0 bridgehead atoms. The number of benzene rings is 2. The summed E-state index contributed by atoms with van der Waals surface area (Å²) in [6.45, 7) is 4.85. The summed E-state index contributed by atoms with van der Waals surface area (Å²) < 4.78 is 30.4. The predicted molar refractivity (Wildman–Crippen MR) is 116 cm³/mol. The Morgan fingerprint density at radius 2 is 1.94 bits per heavy atom. The molecule has 32 heavy (non-hydrogen) atoms. The Hall–Kier alpha value is -3.88. The number of nitrogens with zero attached hydrogens (tertiary/aromatic N) is 2. The van der Waals surface area contributed by atoms with Gasteiger partial charge in [-0.15, -0.1) is 0 Å². The summed E-state index contributed by atoms with van der Waals surface area (Å²) in [5, 5.41) is 6.54. The second-order valence-electron chi connectivity index (χ2n) is 7.65. The van der Waals surface area contributed by atoms with Crippen LogP contribution in [0.1, 0.15) is 42.7 Å². The highest BCUT2D eigenvalue weighted by Crippen LogP contribution is 2.32. The van der Waals surface area contributed by atoms with Crippen molar-refractivity contribution < 1.29 is 23.2 Å². The molecule has 1 aliphatic heterocycles. The van der Waals surface area contributed by atoms with Crippen LogP contribution >= 0.6 is 0 Å². The standard InChI is InChI=1S/C23H19F2N3O4/c1-11-23(12(2)32-27-11)14-4-5-16-20(6-14)28(15(10-29)7-22(16)31)21-9-19(26-13(3)30)17(24)8-18(21)25/h4-10,12,23H,1-3H3,(H,26,30). The normalized spacial score (nSPS) is 17.7. The molecule has 1 amide bonds. The number of aldehydes is 1. The van der Waals surface area contributed by atoms with Crippen LogP contribution in [0.3, 0.4) is 0 Å². The van der Waals surface area contributed by atoms with E-state index in [1.54, 1.807) is 18.2 Å². The molecule has 1 aliphatic rings. The zero-order valence-electron chi connectivity index (χ0n) is 17.5. The van der Waals surface area contributed by atoms with E-state index in [2.05, 4.69) is 10.5 Å². The third-order valence-electron chi connectivity index (χ3n) is 5.42. The molecule has 2 aromatic carbocycles. The van der Waals surface area contributed by atoms with Gasteiger partial charge < -0.3 is 14.7 Å². The lowest BCUT2D eigenvalue weighted by Crippen LogP contribution is -2.18. The van der Waals surface area contributed by atoms with Crippen LogP contribution in [0.5, 0.6) is 0 Å². The minimum absolute atomic E-state index is 0.125. The van der Waals surface area contributed by atoms with Crippen LogP contribution in [0.4, 0.5) is 14.5 Å². The number of halogens is 2. The molecule has 0 aliphatic carbocycles. The third kappa shape index (κ3) is 3.55. The van der Waals surface area contributed by atoms with Gasteiger partial charge in [0.1, 0.15) is 17.7 Å². The van der Waals surface area contributed by atoms with E-state index in [-0.39, 0.29) is 40.0 Å². The van der Waals surface area contributed by atoms with Crippen LogP contribution in [0.15, 0.2) is 46.3 Å². The number of amides is 1. The average Bonchev–Trinajstić information content (AvgIpc) is 3.07. The van der Waals surface area contributed by atoms with E-state index in [0.717, 1.165) is 23.4 Å². The number of aromatic nitrogens is 1. The van der Waals surface area contributed by atoms with Crippen molar-refractivity contribution in [1.29, 1.82) is 0 Å². The molecule has 2 atom stereocenters. The molecule has 4 rings (SSSR count). The van der Waals surface area contributed by atoms with Crippen molar-refractivity contribution in [3.63, 3.8) is 0 Å². The van der Waals surface area contributed by atoms with Gasteiger partial charge in [-0.05, 0) is 37.6 Å². The zero-order valence-corrected chi connectivity index (χ0v) is 17.5. The number of hydrogen-bond donors (Lipinski definition) is 1. The van der Waals surface area contributed by atoms with Gasteiger partial charge in [-0.3, -0.25) is 14.4 Å². The highest BCUT2D eigenvalue weighted by molar-refractivity contribution is 5.93. The van der Waals surface area contributed by atoms with Gasteiger partial charge in [0.15, 0.2) is 11.7 Å². The van der Waals surface area contributed by atoms with Crippen LogP contribution in [0, 0.1) is 11.6 Å². The zero-order chi connectivity index (χ0) is 23.2. The Labute approximate surface area is 181 Å². The number of fused-ring (bicyclic) bond motifs is 1. The molecule has 2 unspecified atom stereocenters. The van der Waals surface area contributed by atoms with Crippen LogP contribution < -0.4 is 10.7 Å². The molecule has 9 heteroatoms. The SMILES string of the molecule is CC(=O)Nc1cc(-n2c(C=O)cc(=O)c3ccc(C4C(C)=NOC4C)cc32)c(F)cc1F. The molecule has 0 radical (unpaired) electrons. The Balaban J connectivity index is 2.04. The number of anilines is 1. The van der Waals surface area contributed by atoms with Crippen molar-refractivity contribution in [3.8, 4) is 5.69 Å². The highest BCUT2D eigenvalue weighted by atomic mass is 19.1. The molecule has 0 spiro atoms. The van der Waals surface area contributed by atoms with Gasteiger partial charge in [-0.2, -0.15) is 0 Å². The predicted octanol–water partition coefficient (Wildman–Crippen LogP) is 3.92. The lowest BCUT2D eigenvalue weighted by molar-refractivity contribution is -0.114. The molecule has 7 nitrogen and oxygen atoms in total. The fraction of sp³-hybridized carbons (Fsp3) is 0.217. The van der Waals surface area contributed by atoms with E-state index < -0.39 is 23.0 Å². The number of hydrogen-bond acceptors (Lipinski definition) is 5. The number of nitrogens with one attached hydrogen (secondary N) is 1. The van der Waals surface area contributed by atoms with Crippen molar-refractivity contribution >= 4 is 34.5 Å². The first kappa shape index (κ1) is 21.4. The minimum atomic E-state index is -0.969. The van der Waals surface area contributed by atoms with Crippen molar-refractivity contribution in [2.75, 3.05) is 5.32 Å². The molecular formula is C23H19F2N3O4. The van der Waals surface area contributed by atoms with E-state index in [4.69, 9.17) is 4.84 Å². The van der Waals surface area contributed by atoms with Gasteiger partial charge >= 0.3 is 0 Å². The van der Waals surface area contributed by atoms with Gasteiger partial charge in [-0.1, -0.05) is 11.2 Å².